The van der Waals surface area contributed by atoms with Gasteiger partial charge in [-0.3, -0.25) is 4.79 Å². The highest BCUT2D eigenvalue weighted by atomic mass is 16.4. The molecule has 1 aromatic rings. The van der Waals surface area contributed by atoms with Gasteiger partial charge in [-0.1, -0.05) is 19.3 Å². The van der Waals surface area contributed by atoms with Gasteiger partial charge in [0, 0.05) is 18.2 Å². The molecule has 0 heterocycles. The summed E-state index contributed by atoms with van der Waals surface area (Å²) in [6.45, 7) is 0.865. The van der Waals surface area contributed by atoms with E-state index in [0.29, 0.717) is 17.5 Å². The number of carbonyl (C=O) groups is 2. The van der Waals surface area contributed by atoms with Crippen molar-refractivity contribution in [1.29, 1.82) is 0 Å². The zero-order chi connectivity index (χ0) is 15.5. The topological polar surface area (TPSA) is 57.6 Å². The van der Waals surface area contributed by atoms with Crippen LogP contribution in [0.15, 0.2) is 24.3 Å². The van der Waals surface area contributed by atoms with Crippen LogP contribution in [0, 0.1) is 5.92 Å². The Morgan fingerprint density at radius 1 is 0.955 bits per heavy atom. The molecule has 0 aromatic heterocycles. The number of amides is 1. The highest BCUT2D eigenvalue weighted by molar-refractivity contribution is 5.96. The third-order valence-electron chi connectivity index (χ3n) is 4.81. The number of carboxylic acid groups (broad SMARTS) is 1. The normalized spacial score (nSPS) is 18.9. The molecule has 3 rings (SSSR count). The van der Waals surface area contributed by atoms with Crippen LogP contribution in [-0.2, 0) is 0 Å². The lowest BCUT2D eigenvalue weighted by Crippen LogP contribution is -2.37. The van der Waals surface area contributed by atoms with E-state index < -0.39 is 5.97 Å². The molecule has 0 radical (unpaired) electrons. The standard InChI is InChI=1S/C18H23NO3/c20-17(14-6-8-15(9-7-14)18(21)22)19(16-10-11-16)12-13-4-2-1-3-5-13/h6-9,13,16H,1-5,10-12H2,(H,21,22). The van der Waals surface area contributed by atoms with Gasteiger partial charge in [0.1, 0.15) is 0 Å². The van der Waals surface area contributed by atoms with Gasteiger partial charge in [-0.15, -0.1) is 0 Å². The Morgan fingerprint density at radius 2 is 1.55 bits per heavy atom. The second kappa shape index (κ2) is 6.51. The lowest BCUT2D eigenvalue weighted by atomic mass is 9.88. The van der Waals surface area contributed by atoms with Gasteiger partial charge < -0.3 is 10.0 Å². The van der Waals surface area contributed by atoms with E-state index in [1.54, 1.807) is 12.1 Å². The van der Waals surface area contributed by atoms with Crippen LogP contribution in [0.25, 0.3) is 0 Å². The van der Waals surface area contributed by atoms with Gasteiger partial charge >= 0.3 is 5.97 Å². The summed E-state index contributed by atoms with van der Waals surface area (Å²) in [7, 11) is 0. The number of rotatable bonds is 5. The van der Waals surface area contributed by atoms with Crippen molar-refractivity contribution in [2.24, 2.45) is 5.92 Å². The van der Waals surface area contributed by atoms with Gasteiger partial charge in [0.15, 0.2) is 0 Å². The van der Waals surface area contributed by atoms with Crippen LogP contribution in [0.5, 0.6) is 0 Å². The average Bonchev–Trinajstić information content (AvgIpc) is 3.38. The fourth-order valence-electron chi connectivity index (χ4n) is 3.35. The zero-order valence-electron chi connectivity index (χ0n) is 12.8. The maximum Gasteiger partial charge on any atom is 0.335 e. The Bertz CT molecular complexity index is 542. The van der Waals surface area contributed by atoms with Crippen LogP contribution < -0.4 is 0 Å². The van der Waals surface area contributed by atoms with E-state index in [9.17, 15) is 9.59 Å². The molecule has 0 spiro atoms. The molecule has 1 N–H and O–H groups in total. The van der Waals surface area contributed by atoms with E-state index >= 15 is 0 Å². The summed E-state index contributed by atoms with van der Waals surface area (Å²) in [5.74, 6) is -0.262. The summed E-state index contributed by atoms with van der Waals surface area (Å²) in [5.41, 5.74) is 0.828. The molecule has 0 unspecified atom stereocenters. The largest absolute Gasteiger partial charge is 0.478 e. The fraction of sp³-hybridized carbons (Fsp3) is 0.556. The van der Waals surface area contributed by atoms with E-state index in [0.717, 1.165) is 19.4 Å². The van der Waals surface area contributed by atoms with Crippen molar-refractivity contribution < 1.29 is 14.7 Å². The molecular formula is C18H23NO3. The van der Waals surface area contributed by atoms with Gasteiger partial charge in [0.2, 0.25) is 0 Å². The first-order valence-corrected chi connectivity index (χ1v) is 8.29. The smallest absolute Gasteiger partial charge is 0.335 e. The first-order chi connectivity index (χ1) is 10.6. The molecular weight excluding hydrogens is 278 g/mol. The Kier molecular flexibility index (Phi) is 4.46. The molecule has 1 amide bonds. The van der Waals surface area contributed by atoms with Crippen LogP contribution in [-0.4, -0.2) is 34.5 Å². The summed E-state index contributed by atoms with van der Waals surface area (Å²) in [5, 5.41) is 8.94. The van der Waals surface area contributed by atoms with Crippen LogP contribution in [0.4, 0.5) is 0 Å². The Labute approximate surface area is 131 Å². The van der Waals surface area contributed by atoms with E-state index in [2.05, 4.69) is 0 Å². The second-order valence-electron chi connectivity index (χ2n) is 6.58. The van der Waals surface area contributed by atoms with Crippen LogP contribution in [0.1, 0.15) is 65.7 Å². The zero-order valence-corrected chi connectivity index (χ0v) is 12.8. The quantitative estimate of drug-likeness (QED) is 0.904. The molecule has 0 saturated heterocycles. The molecule has 118 valence electrons. The van der Waals surface area contributed by atoms with Gasteiger partial charge in [-0.2, -0.15) is 0 Å². The number of carbonyl (C=O) groups excluding carboxylic acids is 1. The fourth-order valence-corrected chi connectivity index (χ4v) is 3.35. The number of carboxylic acids is 1. The highest BCUT2D eigenvalue weighted by Gasteiger charge is 2.34. The average molecular weight is 301 g/mol. The molecule has 2 fully saturated rings. The molecule has 4 nitrogen and oxygen atoms in total. The van der Waals surface area contributed by atoms with Crippen molar-refractivity contribution in [1.82, 2.24) is 4.90 Å². The minimum absolute atomic E-state index is 0.0602. The molecule has 2 aliphatic rings. The Balaban J connectivity index is 1.70. The molecule has 4 heteroatoms. The predicted molar refractivity (Wildman–Crippen MR) is 84.0 cm³/mol. The Hall–Kier alpha value is -1.84. The molecule has 22 heavy (non-hydrogen) atoms. The van der Waals surface area contributed by atoms with Crippen molar-refractivity contribution >= 4 is 11.9 Å². The first-order valence-electron chi connectivity index (χ1n) is 8.29. The van der Waals surface area contributed by atoms with E-state index in [-0.39, 0.29) is 11.5 Å². The number of nitrogens with zero attached hydrogens (tertiary/aromatic N) is 1. The maximum atomic E-state index is 12.8. The van der Waals surface area contributed by atoms with Gasteiger partial charge in [-0.05, 0) is 55.9 Å². The van der Waals surface area contributed by atoms with Crippen LogP contribution in [0.3, 0.4) is 0 Å². The van der Waals surface area contributed by atoms with Crippen molar-refractivity contribution in [2.75, 3.05) is 6.54 Å². The van der Waals surface area contributed by atoms with Crippen molar-refractivity contribution in [3.05, 3.63) is 35.4 Å². The second-order valence-corrected chi connectivity index (χ2v) is 6.58. The van der Waals surface area contributed by atoms with E-state index in [4.69, 9.17) is 5.11 Å². The SMILES string of the molecule is O=C(O)c1ccc(C(=O)N(CC2CCCCC2)C2CC2)cc1. The summed E-state index contributed by atoms with van der Waals surface area (Å²) >= 11 is 0. The third-order valence-corrected chi connectivity index (χ3v) is 4.81. The monoisotopic (exact) mass is 301 g/mol. The van der Waals surface area contributed by atoms with Crippen molar-refractivity contribution in [3.63, 3.8) is 0 Å². The minimum atomic E-state index is -0.958. The lowest BCUT2D eigenvalue weighted by molar-refractivity contribution is 0.0684. The first kappa shape index (κ1) is 15.1. The van der Waals surface area contributed by atoms with Gasteiger partial charge in [0.05, 0.1) is 5.56 Å². The molecule has 0 bridgehead atoms. The summed E-state index contributed by atoms with van der Waals surface area (Å²) < 4.78 is 0. The minimum Gasteiger partial charge on any atom is -0.478 e. The molecule has 0 aliphatic heterocycles. The summed E-state index contributed by atoms with van der Waals surface area (Å²) in [6, 6.07) is 6.71. The van der Waals surface area contributed by atoms with Gasteiger partial charge in [-0.25, -0.2) is 4.79 Å². The van der Waals surface area contributed by atoms with E-state index in [1.165, 1.54) is 44.2 Å². The third kappa shape index (κ3) is 3.49. The van der Waals surface area contributed by atoms with Crippen LogP contribution in [0.2, 0.25) is 0 Å². The predicted octanol–water partition coefficient (Wildman–Crippen LogP) is 3.57. The molecule has 0 atom stereocenters. The summed E-state index contributed by atoms with van der Waals surface area (Å²) in [6.07, 6.45) is 8.56. The Morgan fingerprint density at radius 3 is 2.09 bits per heavy atom. The van der Waals surface area contributed by atoms with Crippen molar-refractivity contribution in [3.8, 4) is 0 Å². The summed E-state index contributed by atoms with van der Waals surface area (Å²) in [4.78, 5) is 25.7. The number of hydrogen-bond donors (Lipinski definition) is 1. The lowest BCUT2D eigenvalue weighted by Gasteiger charge is -2.30. The van der Waals surface area contributed by atoms with Crippen molar-refractivity contribution in [2.45, 2.75) is 51.0 Å². The molecule has 2 saturated carbocycles. The number of hydrogen-bond acceptors (Lipinski definition) is 2. The van der Waals surface area contributed by atoms with Crippen LogP contribution >= 0.6 is 0 Å². The van der Waals surface area contributed by atoms with E-state index in [1.807, 2.05) is 4.90 Å². The number of aromatic carboxylic acids is 1. The molecule has 2 aliphatic carbocycles. The molecule has 1 aromatic carbocycles. The highest BCUT2D eigenvalue weighted by Crippen LogP contribution is 2.32. The number of benzene rings is 1. The van der Waals surface area contributed by atoms with Gasteiger partial charge in [0.25, 0.3) is 5.91 Å². The maximum absolute atomic E-state index is 12.8.